The predicted molar refractivity (Wildman–Crippen MR) is 99.6 cm³/mol. The van der Waals surface area contributed by atoms with Crippen LogP contribution >= 0.6 is 0 Å². The van der Waals surface area contributed by atoms with Gasteiger partial charge in [-0.05, 0) is 42.3 Å². The van der Waals surface area contributed by atoms with E-state index in [2.05, 4.69) is 14.6 Å². The number of hydrogen-bond acceptors (Lipinski definition) is 4. The van der Waals surface area contributed by atoms with Crippen molar-refractivity contribution in [1.29, 1.82) is 0 Å². The minimum atomic E-state index is -3.97. The van der Waals surface area contributed by atoms with E-state index in [0.29, 0.717) is 16.9 Å². The highest BCUT2D eigenvalue weighted by Gasteiger charge is 2.20. The lowest BCUT2D eigenvalue weighted by atomic mass is 10.1. The molecule has 0 amide bonds. The zero-order valence-electron chi connectivity index (χ0n) is 13.8. The highest BCUT2D eigenvalue weighted by molar-refractivity contribution is 7.92. The first-order chi connectivity index (χ1) is 12.4. The summed E-state index contributed by atoms with van der Waals surface area (Å²) in [6, 6.07) is 16.1. The first-order valence-corrected chi connectivity index (χ1v) is 9.15. The third kappa shape index (κ3) is 3.66. The average Bonchev–Trinajstić information content (AvgIpc) is 2.61. The fourth-order valence-corrected chi connectivity index (χ4v) is 3.53. The van der Waals surface area contributed by atoms with Crippen LogP contribution in [0.5, 0.6) is 5.75 Å². The number of anilines is 1. The van der Waals surface area contributed by atoms with E-state index in [1.807, 2.05) is 0 Å². The smallest absolute Gasteiger partial charge is 0.266 e. The van der Waals surface area contributed by atoms with Crippen LogP contribution in [0.1, 0.15) is 5.69 Å². The molecule has 2 aromatic carbocycles. The number of nitrogens with one attached hydrogen (secondary N) is 1. The molecule has 0 aliphatic carbocycles. The number of hydrogen-bond donors (Lipinski definition) is 2. The van der Waals surface area contributed by atoms with Crippen LogP contribution in [0.25, 0.3) is 16.0 Å². The molecule has 3 aromatic rings. The van der Waals surface area contributed by atoms with Crippen molar-refractivity contribution in [2.75, 3.05) is 4.72 Å². The minimum Gasteiger partial charge on any atom is -0.506 e. The zero-order chi connectivity index (χ0) is 18.7. The highest BCUT2D eigenvalue weighted by atomic mass is 32.2. The maximum absolute atomic E-state index is 12.5. The monoisotopic (exact) mass is 365 g/mol. The number of aryl methyl sites for hydroxylation is 1. The lowest BCUT2D eigenvalue weighted by Gasteiger charge is -2.11. The summed E-state index contributed by atoms with van der Waals surface area (Å²) >= 11 is 0. The summed E-state index contributed by atoms with van der Waals surface area (Å²) in [5, 5.41) is 10.2. The Morgan fingerprint density at radius 1 is 1.04 bits per heavy atom. The van der Waals surface area contributed by atoms with Crippen molar-refractivity contribution < 1.29 is 13.5 Å². The third-order valence-corrected chi connectivity index (χ3v) is 5.11. The molecule has 0 saturated heterocycles. The lowest BCUT2D eigenvalue weighted by molar-refractivity contribution is 0.459. The van der Waals surface area contributed by atoms with Crippen LogP contribution in [0.4, 0.5) is 11.5 Å². The van der Waals surface area contributed by atoms with Crippen molar-refractivity contribution >= 4 is 21.5 Å². The predicted octanol–water partition coefficient (Wildman–Crippen LogP) is 4.11. The van der Waals surface area contributed by atoms with Crippen LogP contribution in [-0.2, 0) is 10.0 Å². The number of rotatable bonds is 4. The van der Waals surface area contributed by atoms with Gasteiger partial charge >= 0.3 is 0 Å². The summed E-state index contributed by atoms with van der Waals surface area (Å²) in [7, 11) is -3.97. The van der Waals surface area contributed by atoms with E-state index in [0.717, 1.165) is 5.56 Å². The van der Waals surface area contributed by atoms with Crippen molar-refractivity contribution in [2.24, 2.45) is 0 Å². The number of nitrogens with zero attached hydrogens (tertiary/aromatic N) is 2. The lowest BCUT2D eigenvalue weighted by Crippen LogP contribution is -2.14. The average molecular weight is 365 g/mol. The molecule has 3 rings (SSSR count). The van der Waals surface area contributed by atoms with Crippen molar-refractivity contribution in [3.8, 4) is 16.9 Å². The molecule has 6 nitrogen and oxygen atoms in total. The number of phenolic OH excluding ortho intramolecular Hbond substituents is 1. The second-order valence-corrected chi connectivity index (χ2v) is 7.26. The maximum Gasteiger partial charge on any atom is 0.266 e. The molecule has 1 heterocycles. The van der Waals surface area contributed by atoms with Crippen molar-refractivity contribution in [2.45, 2.75) is 11.8 Å². The zero-order valence-corrected chi connectivity index (χ0v) is 14.7. The summed E-state index contributed by atoms with van der Waals surface area (Å²) in [5.41, 5.74) is 2.59. The number of sulfonamides is 1. The van der Waals surface area contributed by atoms with Crippen LogP contribution in [-0.4, -0.2) is 18.5 Å². The molecular formula is C19H15N3O3S. The molecule has 0 aliphatic rings. The standard InChI is InChI=1S/C19H15N3O3S/c1-13-4-3-5-19(21-13)22-26(24,25)18-11-8-15(12-17(18)23)14-6-9-16(20-2)10-7-14/h3-12,23H,1H3,(H,21,22). The van der Waals surface area contributed by atoms with Crippen molar-refractivity contribution in [1.82, 2.24) is 4.98 Å². The topological polar surface area (TPSA) is 83.7 Å². The second kappa shape index (κ2) is 6.86. The number of aromatic hydroxyl groups is 1. The minimum absolute atomic E-state index is 0.184. The number of pyridine rings is 1. The second-order valence-electron chi connectivity index (χ2n) is 5.61. The van der Waals surface area contributed by atoms with Gasteiger partial charge in [-0.25, -0.2) is 18.2 Å². The van der Waals surface area contributed by atoms with Crippen molar-refractivity contribution in [3.05, 3.63) is 77.8 Å². The summed E-state index contributed by atoms with van der Waals surface area (Å²) in [6.45, 7) is 8.71. The molecule has 2 N–H and O–H groups in total. The SMILES string of the molecule is [C-]#[N+]c1ccc(-c2ccc(S(=O)(=O)Nc3cccc(C)n3)c(O)c2)cc1. The molecule has 26 heavy (non-hydrogen) atoms. The highest BCUT2D eigenvalue weighted by Crippen LogP contribution is 2.31. The van der Waals surface area contributed by atoms with Crippen LogP contribution in [0, 0.1) is 13.5 Å². The summed E-state index contributed by atoms with van der Waals surface area (Å²) in [4.78, 5) is 7.19. The molecule has 1 aromatic heterocycles. The fourth-order valence-electron chi connectivity index (χ4n) is 2.45. The van der Waals surface area contributed by atoms with Crippen LogP contribution in [0.3, 0.4) is 0 Å². The number of aromatic nitrogens is 1. The van der Waals surface area contributed by atoms with E-state index in [1.165, 1.54) is 18.2 Å². The van der Waals surface area contributed by atoms with E-state index in [1.54, 1.807) is 49.4 Å². The van der Waals surface area contributed by atoms with Gasteiger partial charge in [0.05, 0.1) is 6.57 Å². The summed E-state index contributed by atoms with van der Waals surface area (Å²) in [5.74, 6) is -0.180. The molecular weight excluding hydrogens is 350 g/mol. The molecule has 0 unspecified atom stereocenters. The largest absolute Gasteiger partial charge is 0.506 e. The van der Waals surface area contributed by atoms with Gasteiger partial charge in [0, 0.05) is 5.69 Å². The first kappa shape index (κ1) is 17.5. The molecule has 130 valence electrons. The van der Waals surface area contributed by atoms with E-state index >= 15 is 0 Å². The van der Waals surface area contributed by atoms with Crippen LogP contribution in [0.2, 0.25) is 0 Å². The molecule has 0 radical (unpaired) electrons. The Labute approximate surface area is 151 Å². The van der Waals surface area contributed by atoms with Gasteiger partial charge in [-0.1, -0.05) is 36.4 Å². The Balaban J connectivity index is 1.92. The number of benzene rings is 2. The summed E-state index contributed by atoms with van der Waals surface area (Å²) in [6.07, 6.45) is 0. The third-order valence-electron chi connectivity index (χ3n) is 3.71. The van der Waals surface area contributed by atoms with Gasteiger partial charge in [0.15, 0.2) is 5.69 Å². The first-order valence-electron chi connectivity index (χ1n) is 7.66. The van der Waals surface area contributed by atoms with Gasteiger partial charge in [-0.15, -0.1) is 0 Å². The van der Waals surface area contributed by atoms with E-state index in [-0.39, 0.29) is 16.5 Å². The van der Waals surface area contributed by atoms with E-state index in [9.17, 15) is 13.5 Å². The van der Waals surface area contributed by atoms with Crippen LogP contribution in [0.15, 0.2) is 65.6 Å². The van der Waals surface area contributed by atoms with Gasteiger partial charge in [-0.3, -0.25) is 4.72 Å². The normalized spacial score (nSPS) is 10.9. The molecule has 0 saturated carbocycles. The summed E-state index contributed by atoms with van der Waals surface area (Å²) < 4.78 is 27.4. The Bertz CT molecular complexity index is 1100. The Morgan fingerprint density at radius 2 is 1.73 bits per heavy atom. The molecule has 0 spiro atoms. The van der Waals surface area contributed by atoms with Gasteiger partial charge in [0.1, 0.15) is 16.5 Å². The molecule has 0 atom stereocenters. The number of phenols is 1. The van der Waals surface area contributed by atoms with Crippen molar-refractivity contribution in [3.63, 3.8) is 0 Å². The fraction of sp³-hybridized carbons (Fsp3) is 0.0526. The molecule has 0 fully saturated rings. The van der Waals surface area contributed by atoms with E-state index < -0.39 is 10.0 Å². The molecule has 0 bridgehead atoms. The van der Waals surface area contributed by atoms with Gasteiger partial charge in [0.2, 0.25) is 0 Å². The molecule has 7 heteroatoms. The van der Waals surface area contributed by atoms with E-state index in [4.69, 9.17) is 6.57 Å². The maximum atomic E-state index is 12.5. The van der Waals surface area contributed by atoms with Gasteiger partial charge in [-0.2, -0.15) is 0 Å². The Hall–Kier alpha value is -3.37. The quantitative estimate of drug-likeness (QED) is 0.682. The van der Waals surface area contributed by atoms with Crippen LogP contribution < -0.4 is 4.72 Å². The Morgan fingerprint density at radius 3 is 2.35 bits per heavy atom. The Kier molecular flexibility index (Phi) is 4.61. The van der Waals surface area contributed by atoms with Gasteiger partial charge < -0.3 is 5.11 Å². The molecule has 0 aliphatic heterocycles. The van der Waals surface area contributed by atoms with Gasteiger partial charge in [0.25, 0.3) is 10.0 Å².